The molecule has 54 valence electrons. The van der Waals surface area contributed by atoms with Crippen LogP contribution in [0.15, 0.2) is 9.17 Å². The molecule has 1 aliphatic rings. The number of fused-ring (bicyclic) bond motifs is 1. The van der Waals surface area contributed by atoms with Crippen LogP contribution in [-0.4, -0.2) is 5.75 Å². The Kier molecular flexibility index (Phi) is 2.07. The van der Waals surface area contributed by atoms with Crippen molar-refractivity contribution in [1.82, 2.24) is 0 Å². The van der Waals surface area contributed by atoms with Gasteiger partial charge in [-0.2, -0.15) is 11.8 Å². The third-order valence-electron chi connectivity index (χ3n) is 1.68. The summed E-state index contributed by atoms with van der Waals surface area (Å²) in [6, 6.07) is 0. The number of thiophene rings is 1. The molecule has 1 aromatic heterocycles. The summed E-state index contributed by atoms with van der Waals surface area (Å²) in [5.74, 6) is 2.51. The Labute approximate surface area is 77.2 Å². The number of rotatable bonds is 0. The van der Waals surface area contributed by atoms with Crippen LogP contribution in [0.5, 0.6) is 0 Å². The summed E-state index contributed by atoms with van der Waals surface area (Å²) in [6.45, 7) is 0. The van der Waals surface area contributed by atoms with Crippen molar-refractivity contribution < 1.29 is 0 Å². The van der Waals surface area contributed by atoms with Gasteiger partial charge in [-0.25, -0.2) is 0 Å². The molecule has 0 saturated heterocycles. The van der Waals surface area contributed by atoms with Crippen molar-refractivity contribution >= 4 is 39.0 Å². The fraction of sp³-hybridized carbons (Fsp3) is 0.429. The van der Waals surface area contributed by atoms with Gasteiger partial charge in [-0.15, -0.1) is 11.3 Å². The summed E-state index contributed by atoms with van der Waals surface area (Å²) in [4.78, 5) is 0. The molecule has 1 aromatic rings. The van der Waals surface area contributed by atoms with Gasteiger partial charge in [0, 0.05) is 5.75 Å². The highest BCUT2D eigenvalue weighted by atomic mass is 79.9. The predicted octanol–water partition coefficient (Wildman–Crippen LogP) is 3.30. The zero-order valence-electron chi connectivity index (χ0n) is 5.39. The monoisotopic (exact) mass is 234 g/mol. The minimum absolute atomic E-state index is 1.22. The van der Waals surface area contributed by atoms with E-state index in [1.807, 2.05) is 23.1 Å². The maximum absolute atomic E-state index is 3.56. The highest BCUT2D eigenvalue weighted by molar-refractivity contribution is 9.11. The predicted molar refractivity (Wildman–Crippen MR) is 51.9 cm³/mol. The largest absolute Gasteiger partial charge is 0.157 e. The molecule has 0 saturated carbocycles. The third kappa shape index (κ3) is 1.15. The third-order valence-corrected chi connectivity index (χ3v) is 4.59. The first-order valence-electron chi connectivity index (χ1n) is 3.20. The zero-order valence-corrected chi connectivity index (χ0v) is 8.61. The molecule has 0 aliphatic carbocycles. The van der Waals surface area contributed by atoms with Gasteiger partial charge in [-0.1, -0.05) is 0 Å². The number of hydrogen-bond acceptors (Lipinski definition) is 2. The smallest absolute Gasteiger partial charge is 0.0733 e. The molecule has 0 unspecified atom stereocenters. The van der Waals surface area contributed by atoms with E-state index in [2.05, 4.69) is 21.3 Å². The lowest BCUT2D eigenvalue weighted by Gasteiger charge is -2.10. The van der Waals surface area contributed by atoms with Gasteiger partial charge in [0.1, 0.15) is 0 Å². The molecule has 0 fully saturated rings. The molecule has 1 aliphatic heterocycles. The molecule has 2 rings (SSSR count). The van der Waals surface area contributed by atoms with Gasteiger partial charge >= 0.3 is 0 Å². The van der Waals surface area contributed by atoms with Crippen LogP contribution in [0.4, 0.5) is 0 Å². The van der Waals surface area contributed by atoms with Crippen molar-refractivity contribution in [3.63, 3.8) is 0 Å². The van der Waals surface area contributed by atoms with Crippen LogP contribution in [0.3, 0.4) is 0 Å². The minimum atomic E-state index is 1.22. The maximum atomic E-state index is 3.56. The average molecular weight is 235 g/mol. The van der Waals surface area contributed by atoms with Gasteiger partial charge in [0.2, 0.25) is 0 Å². The van der Waals surface area contributed by atoms with Crippen molar-refractivity contribution in [1.29, 1.82) is 0 Å². The van der Waals surface area contributed by atoms with Crippen molar-refractivity contribution in [3.05, 3.63) is 20.3 Å². The zero-order chi connectivity index (χ0) is 6.97. The average Bonchev–Trinajstić information content (AvgIpc) is 2.34. The van der Waals surface area contributed by atoms with Crippen LogP contribution < -0.4 is 0 Å². The van der Waals surface area contributed by atoms with Gasteiger partial charge < -0.3 is 0 Å². The normalized spacial score (nSPS) is 16.9. The molecule has 0 nitrogen and oxygen atoms in total. The number of thioether (sulfide) groups is 1. The van der Waals surface area contributed by atoms with E-state index in [1.54, 1.807) is 11.1 Å². The van der Waals surface area contributed by atoms with E-state index in [-0.39, 0.29) is 0 Å². The molecular weight excluding hydrogens is 228 g/mol. The first-order chi connectivity index (χ1) is 4.88. The molecule has 2 heterocycles. The lowest BCUT2D eigenvalue weighted by atomic mass is 10.2. The Balaban J connectivity index is 2.45. The summed E-state index contributed by atoms with van der Waals surface area (Å²) >= 11 is 7.42. The molecule has 0 aromatic carbocycles. The van der Waals surface area contributed by atoms with E-state index < -0.39 is 0 Å². The first-order valence-corrected chi connectivity index (χ1v) is 6.03. The topological polar surface area (TPSA) is 0 Å². The molecule has 0 spiro atoms. The second-order valence-electron chi connectivity index (χ2n) is 2.32. The summed E-state index contributed by atoms with van der Waals surface area (Å²) < 4.78 is 1.35. The molecule has 3 heteroatoms. The Hall–Kier alpha value is 0.530. The minimum Gasteiger partial charge on any atom is -0.157 e. The molecule has 0 amide bonds. The Morgan fingerprint density at radius 2 is 2.40 bits per heavy atom. The SMILES string of the molecule is Brc1scc2c1CCSC2. The summed E-state index contributed by atoms with van der Waals surface area (Å²) in [5.41, 5.74) is 3.11. The van der Waals surface area contributed by atoms with Crippen LogP contribution in [0, 0.1) is 0 Å². The molecule has 0 radical (unpaired) electrons. The highest BCUT2D eigenvalue weighted by Gasteiger charge is 2.13. The van der Waals surface area contributed by atoms with Crippen LogP contribution in [-0.2, 0) is 12.2 Å². The van der Waals surface area contributed by atoms with Crippen LogP contribution in [0.2, 0.25) is 0 Å². The van der Waals surface area contributed by atoms with E-state index in [0.29, 0.717) is 0 Å². The first kappa shape index (κ1) is 7.19. The second-order valence-corrected chi connectivity index (χ2v) is 5.62. The van der Waals surface area contributed by atoms with E-state index >= 15 is 0 Å². The number of hydrogen-bond donors (Lipinski definition) is 0. The lowest BCUT2D eigenvalue weighted by molar-refractivity contribution is 1.10. The molecular formula is C7H7BrS2. The van der Waals surface area contributed by atoms with E-state index in [9.17, 15) is 0 Å². The highest BCUT2D eigenvalue weighted by Crippen LogP contribution is 2.34. The van der Waals surface area contributed by atoms with Crippen molar-refractivity contribution in [2.75, 3.05) is 5.75 Å². The van der Waals surface area contributed by atoms with Crippen molar-refractivity contribution in [2.45, 2.75) is 12.2 Å². The van der Waals surface area contributed by atoms with E-state index in [4.69, 9.17) is 0 Å². The van der Waals surface area contributed by atoms with E-state index in [0.717, 1.165) is 0 Å². The molecule has 10 heavy (non-hydrogen) atoms. The molecule has 0 bridgehead atoms. The van der Waals surface area contributed by atoms with Crippen LogP contribution in [0.1, 0.15) is 11.1 Å². The van der Waals surface area contributed by atoms with Crippen molar-refractivity contribution in [3.8, 4) is 0 Å². The standard InChI is InChI=1S/C7H7BrS2/c8-7-6-1-2-9-3-5(6)4-10-7/h4H,1-3H2. The lowest BCUT2D eigenvalue weighted by Crippen LogP contribution is -1.98. The fourth-order valence-electron chi connectivity index (χ4n) is 1.13. The van der Waals surface area contributed by atoms with Crippen LogP contribution in [0.25, 0.3) is 0 Å². The molecule has 0 N–H and O–H groups in total. The van der Waals surface area contributed by atoms with Gasteiger partial charge in [0.05, 0.1) is 3.79 Å². The maximum Gasteiger partial charge on any atom is 0.0733 e. The van der Waals surface area contributed by atoms with Gasteiger partial charge in [0.25, 0.3) is 0 Å². The van der Waals surface area contributed by atoms with Crippen molar-refractivity contribution in [2.24, 2.45) is 0 Å². The number of halogens is 1. The molecule has 0 atom stereocenters. The van der Waals surface area contributed by atoms with Gasteiger partial charge in [-0.3, -0.25) is 0 Å². The summed E-state index contributed by atoms with van der Waals surface area (Å²) in [5, 5.41) is 2.27. The van der Waals surface area contributed by atoms with E-state index in [1.165, 1.54) is 21.7 Å². The van der Waals surface area contributed by atoms with Crippen LogP contribution >= 0.6 is 39.0 Å². The fourth-order valence-corrected chi connectivity index (χ4v) is 3.78. The Morgan fingerprint density at radius 1 is 1.50 bits per heavy atom. The van der Waals surface area contributed by atoms with Gasteiger partial charge in [0.15, 0.2) is 0 Å². The second kappa shape index (κ2) is 2.88. The van der Waals surface area contributed by atoms with Gasteiger partial charge in [-0.05, 0) is 44.6 Å². The summed E-state index contributed by atoms with van der Waals surface area (Å²) in [6.07, 6.45) is 1.25. The quantitative estimate of drug-likeness (QED) is 0.664. The Bertz CT molecular complexity index is 242. The Morgan fingerprint density at radius 3 is 3.20 bits per heavy atom. The summed E-state index contributed by atoms with van der Waals surface area (Å²) in [7, 11) is 0.